The predicted molar refractivity (Wildman–Crippen MR) is 120 cm³/mol. The first-order valence-corrected chi connectivity index (χ1v) is 12.1. The molecule has 2 N–H and O–H groups in total. The van der Waals surface area contributed by atoms with Crippen LogP contribution in [-0.4, -0.2) is 43.7 Å². The zero-order chi connectivity index (χ0) is 23.3. The summed E-state index contributed by atoms with van der Waals surface area (Å²) in [5, 5.41) is 5.73. The van der Waals surface area contributed by atoms with Gasteiger partial charge in [0.15, 0.2) is 0 Å². The minimum Gasteiger partial charge on any atom is -0.350 e. The minimum atomic E-state index is -3.74. The summed E-state index contributed by atoms with van der Waals surface area (Å²) < 4.78 is 39.9. The molecule has 0 radical (unpaired) electrons. The van der Waals surface area contributed by atoms with Crippen LogP contribution in [0.1, 0.15) is 43.5 Å². The number of benzene rings is 2. The van der Waals surface area contributed by atoms with E-state index in [1.807, 2.05) is 13.8 Å². The van der Waals surface area contributed by atoms with E-state index < -0.39 is 15.8 Å². The molecule has 2 aromatic carbocycles. The molecule has 2 aromatic rings. The third kappa shape index (κ3) is 5.52. The second kappa shape index (κ2) is 10.2. The van der Waals surface area contributed by atoms with E-state index in [1.165, 1.54) is 16.4 Å². The Morgan fingerprint density at radius 2 is 1.72 bits per heavy atom. The third-order valence-corrected chi connectivity index (χ3v) is 7.61. The van der Waals surface area contributed by atoms with Crippen LogP contribution in [0.25, 0.3) is 0 Å². The summed E-state index contributed by atoms with van der Waals surface area (Å²) in [5.74, 6) is -1.37. The van der Waals surface area contributed by atoms with Crippen LogP contribution in [0.2, 0.25) is 0 Å². The second-order valence-corrected chi connectivity index (χ2v) is 9.89. The smallest absolute Gasteiger partial charge is 0.253 e. The molecule has 1 saturated heterocycles. The van der Waals surface area contributed by atoms with E-state index >= 15 is 0 Å². The van der Waals surface area contributed by atoms with E-state index in [0.29, 0.717) is 24.1 Å². The molecule has 1 aliphatic rings. The van der Waals surface area contributed by atoms with E-state index in [9.17, 15) is 22.4 Å². The van der Waals surface area contributed by atoms with Crippen molar-refractivity contribution in [2.75, 3.05) is 18.4 Å². The lowest BCUT2D eigenvalue weighted by molar-refractivity contribution is -0.120. The quantitative estimate of drug-likeness (QED) is 0.661. The van der Waals surface area contributed by atoms with Gasteiger partial charge < -0.3 is 10.6 Å². The molecule has 0 aliphatic carbocycles. The van der Waals surface area contributed by atoms with E-state index in [4.69, 9.17) is 0 Å². The van der Waals surface area contributed by atoms with Crippen LogP contribution >= 0.6 is 0 Å². The van der Waals surface area contributed by atoms with Crippen molar-refractivity contribution >= 4 is 27.5 Å². The molecule has 0 saturated carbocycles. The first kappa shape index (κ1) is 23.9. The fourth-order valence-electron chi connectivity index (χ4n) is 3.54. The number of para-hydroxylation sites is 1. The summed E-state index contributed by atoms with van der Waals surface area (Å²) >= 11 is 0. The molecule has 1 fully saturated rings. The molecule has 0 aromatic heterocycles. The van der Waals surface area contributed by atoms with Gasteiger partial charge in [0.1, 0.15) is 5.82 Å². The average Bonchev–Trinajstić information content (AvgIpc) is 2.79. The lowest BCUT2D eigenvalue weighted by Crippen LogP contribution is -2.41. The number of sulfonamides is 1. The van der Waals surface area contributed by atoms with E-state index in [0.717, 1.165) is 18.6 Å². The Bertz CT molecular complexity index is 1060. The van der Waals surface area contributed by atoms with E-state index in [1.54, 1.807) is 24.3 Å². The molecule has 32 heavy (non-hydrogen) atoms. The largest absolute Gasteiger partial charge is 0.350 e. The lowest BCUT2D eigenvalue weighted by atomic mass is 9.97. The normalized spacial score (nSPS) is 16.3. The van der Waals surface area contributed by atoms with E-state index in [-0.39, 0.29) is 41.8 Å². The molecule has 1 aliphatic heterocycles. The maximum absolute atomic E-state index is 13.1. The Morgan fingerprint density at radius 1 is 1.09 bits per heavy atom. The summed E-state index contributed by atoms with van der Waals surface area (Å²) in [7, 11) is -3.74. The number of halogens is 1. The van der Waals surface area contributed by atoms with Crippen molar-refractivity contribution in [3.63, 3.8) is 0 Å². The minimum absolute atomic E-state index is 0.0126. The summed E-state index contributed by atoms with van der Waals surface area (Å²) in [6.45, 7) is 4.26. The Morgan fingerprint density at radius 3 is 2.34 bits per heavy atom. The molecular weight excluding hydrogens is 433 g/mol. The number of piperidine rings is 1. The van der Waals surface area contributed by atoms with Crippen molar-refractivity contribution in [3.05, 3.63) is 59.9 Å². The van der Waals surface area contributed by atoms with Gasteiger partial charge in [-0.2, -0.15) is 4.31 Å². The Labute approximate surface area is 188 Å². The number of nitrogens with zero attached hydrogens (tertiary/aromatic N) is 1. The van der Waals surface area contributed by atoms with Gasteiger partial charge in [-0.15, -0.1) is 0 Å². The third-order valence-electron chi connectivity index (χ3n) is 5.70. The number of anilines is 1. The van der Waals surface area contributed by atoms with Crippen molar-refractivity contribution in [2.24, 2.45) is 5.92 Å². The summed E-state index contributed by atoms with van der Waals surface area (Å²) in [6, 6.07) is 11.5. The lowest BCUT2D eigenvalue weighted by Gasteiger charge is -2.30. The Kier molecular flexibility index (Phi) is 7.63. The van der Waals surface area contributed by atoms with Gasteiger partial charge >= 0.3 is 0 Å². The number of nitrogens with one attached hydrogen (secondary N) is 2. The zero-order valence-electron chi connectivity index (χ0n) is 18.2. The zero-order valence-corrected chi connectivity index (χ0v) is 19.0. The number of hydrogen-bond donors (Lipinski definition) is 2. The van der Waals surface area contributed by atoms with Crippen molar-refractivity contribution in [1.82, 2.24) is 9.62 Å². The van der Waals surface area contributed by atoms with Crippen molar-refractivity contribution in [1.29, 1.82) is 0 Å². The highest BCUT2D eigenvalue weighted by atomic mass is 32.2. The summed E-state index contributed by atoms with van der Waals surface area (Å²) in [6.07, 6.45) is 1.50. The average molecular weight is 462 g/mol. The first-order valence-electron chi connectivity index (χ1n) is 10.7. The van der Waals surface area contributed by atoms with Gasteiger partial charge in [-0.3, -0.25) is 9.59 Å². The van der Waals surface area contributed by atoms with Crippen LogP contribution in [0.5, 0.6) is 0 Å². The van der Waals surface area contributed by atoms with Crippen molar-refractivity contribution in [3.8, 4) is 0 Å². The van der Waals surface area contributed by atoms with Gasteiger partial charge in [0.25, 0.3) is 5.91 Å². The number of carbonyl (C=O) groups excluding carboxylic acids is 2. The highest BCUT2D eigenvalue weighted by Gasteiger charge is 2.32. The van der Waals surface area contributed by atoms with Gasteiger partial charge in [-0.1, -0.05) is 19.1 Å². The molecule has 7 nitrogen and oxygen atoms in total. The van der Waals surface area contributed by atoms with Gasteiger partial charge in [-0.05, 0) is 62.6 Å². The van der Waals surface area contributed by atoms with Crippen LogP contribution < -0.4 is 10.6 Å². The van der Waals surface area contributed by atoms with Crippen LogP contribution in [0.4, 0.5) is 10.1 Å². The molecule has 1 atom stereocenters. The monoisotopic (exact) mass is 461 g/mol. The summed E-state index contributed by atoms with van der Waals surface area (Å²) in [4.78, 5) is 25.4. The number of carbonyl (C=O) groups is 2. The highest BCUT2D eigenvalue weighted by Crippen LogP contribution is 2.26. The molecule has 0 bridgehead atoms. The summed E-state index contributed by atoms with van der Waals surface area (Å²) in [5.41, 5.74) is 0.817. The molecule has 3 rings (SSSR count). The SMILES string of the molecule is CC[C@H](C)NC(=O)c1ccccc1NC(=O)C1CCN(S(=O)(=O)c2ccc(F)cc2)CC1. The molecular formula is C23H28FN3O4S. The van der Waals surface area contributed by atoms with Gasteiger partial charge in [0, 0.05) is 25.0 Å². The van der Waals surface area contributed by atoms with Gasteiger partial charge in [0.05, 0.1) is 16.1 Å². The fraction of sp³-hybridized carbons (Fsp3) is 0.391. The van der Waals surface area contributed by atoms with Crippen LogP contribution in [0, 0.1) is 11.7 Å². The van der Waals surface area contributed by atoms with Crippen molar-refractivity contribution < 1.29 is 22.4 Å². The van der Waals surface area contributed by atoms with Crippen LogP contribution in [0.15, 0.2) is 53.4 Å². The number of rotatable bonds is 7. The van der Waals surface area contributed by atoms with Gasteiger partial charge in [0.2, 0.25) is 15.9 Å². The molecule has 1 heterocycles. The molecule has 172 valence electrons. The fourth-order valence-corrected chi connectivity index (χ4v) is 5.01. The van der Waals surface area contributed by atoms with Crippen LogP contribution in [0.3, 0.4) is 0 Å². The van der Waals surface area contributed by atoms with E-state index in [2.05, 4.69) is 10.6 Å². The van der Waals surface area contributed by atoms with Crippen molar-refractivity contribution in [2.45, 2.75) is 44.0 Å². The maximum atomic E-state index is 13.1. The molecule has 9 heteroatoms. The van der Waals surface area contributed by atoms with Crippen LogP contribution in [-0.2, 0) is 14.8 Å². The Hall–Kier alpha value is -2.78. The topological polar surface area (TPSA) is 95.6 Å². The number of hydrogen-bond acceptors (Lipinski definition) is 4. The molecule has 0 spiro atoms. The first-order chi connectivity index (χ1) is 15.2. The van der Waals surface area contributed by atoms with Gasteiger partial charge in [-0.25, -0.2) is 12.8 Å². The molecule has 2 amide bonds. The second-order valence-electron chi connectivity index (χ2n) is 7.95. The standard InChI is InChI=1S/C23H28FN3O4S/c1-3-16(2)25-23(29)20-6-4-5-7-21(20)26-22(28)17-12-14-27(15-13-17)32(30,31)19-10-8-18(24)9-11-19/h4-11,16-17H,3,12-15H2,1-2H3,(H,25,29)(H,26,28)/t16-/m0/s1. The number of amides is 2. The predicted octanol–water partition coefficient (Wildman–Crippen LogP) is 3.39. The molecule has 0 unspecified atom stereocenters. The Balaban J connectivity index is 1.63. The highest BCUT2D eigenvalue weighted by molar-refractivity contribution is 7.89. The maximum Gasteiger partial charge on any atom is 0.253 e.